The quantitative estimate of drug-likeness (QED) is 0.585. The van der Waals surface area contributed by atoms with Crippen LogP contribution in [0, 0.1) is 16.7 Å². The minimum atomic E-state index is 0.327. The van der Waals surface area contributed by atoms with Crippen molar-refractivity contribution in [2.45, 2.75) is 27.7 Å². The van der Waals surface area contributed by atoms with Crippen LogP contribution in [-0.4, -0.2) is 11.5 Å². The van der Waals surface area contributed by atoms with E-state index in [0.717, 1.165) is 6.54 Å². The minimum absolute atomic E-state index is 0.327. The van der Waals surface area contributed by atoms with Gasteiger partial charge in [0.1, 0.15) is 5.82 Å². The normalized spacial score (nSPS) is 20.2. The molecule has 19 heavy (non-hydrogen) atoms. The Morgan fingerprint density at radius 1 is 1.16 bits per heavy atom. The molecule has 1 saturated carbocycles. The molecule has 106 valence electrons. The van der Waals surface area contributed by atoms with Gasteiger partial charge in [0.15, 0.2) is 5.82 Å². The maximum Gasteiger partial charge on any atom is 0.161 e. The molecule has 0 radical (unpaired) electrons. The summed E-state index contributed by atoms with van der Waals surface area (Å²) in [4.78, 5) is 4.27. The fourth-order valence-electron chi connectivity index (χ4n) is 2.73. The summed E-state index contributed by atoms with van der Waals surface area (Å²) in [6.07, 6.45) is 0. The van der Waals surface area contributed by atoms with Crippen LogP contribution in [0.5, 0.6) is 0 Å². The van der Waals surface area contributed by atoms with Crippen LogP contribution in [-0.2, 0) is 0 Å². The van der Waals surface area contributed by atoms with E-state index in [0.29, 0.717) is 38.4 Å². The standard InChI is InChI=1S/C13H20Cl2N4/c1-12(2)9(13(12,3)4)6-17-10-7(14)5-8(15)11(18-10)19-16/h5,9H,6,16H2,1-4H3,(H2,17,18,19). The van der Waals surface area contributed by atoms with E-state index < -0.39 is 0 Å². The molecule has 6 heteroatoms. The zero-order valence-corrected chi connectivity index (χ0v) is 13.2. The lowest BCUT2D eigenvalue weighted by atomic mass is 10.0. The lowest BCUT2D eigenvalue weighted by molar-refractivity contribution is 0.457. The van der Waals surface area contributed by atoms with Gasteiger partial charge in [-0.3, -0.25) is 0 Å². The Balaban J connectivity index is 2.09. The molecule has 1 aliphatic rings. The van der Waals surface area contributed by atoms with Crippen LogP contribution in [0.3, 0.4) is 0 Å². The molecule has 0 spiro atoms. The predicted molar refractivity (Wildman–Crippen MR) is 81.6 cm³/mol. The van der Waals surface area contributed by atoms with Crippen LogP contribution in [0.2, 0.25) is 10.0 Å². The van der Waals surface area contributed by atoms with Gasteiger partial charge >= 0.3 is 0 Å². The zero-order chi connectivity index (χ0) is 14.4. The van der Waals surface area contributed by atoms with Crippen molar-refractivity contribution in [2.24, 2.45) is 22.6 Å². The first kappa shape index (κ1) is 14.7. The Morgan fingerprint density at radius 2 is 1.68 bits per heavy atom. The fourth-order valence-corrected chi connectivity index (χ4v) is 3.21. The number of rotatable bonds is 4. The summed E-state index contributed by atoms with van der Waals surface area (Å²) in [5, 5.41) is 4.20. The van der Waals surface area contributed by atoms with E-state index in [4.69, 9.17) is 29.0 Å². The van der Waals surface area contributed by atoms with Crippen molar-refractivity contribution in [2.75, 3.05) is 17.3 Å². The molecular formula is C13H20Cl2N4. The summed E-state index contributed by atoms with van der Waals surface area (Å²) in [7, 11) is 0. The number of pyridine rings is 1. The summed E-state index contributed by atoms with van der Waals surface area (Å²) >= 11 is 12.1. The van der Waals surface area contributed by atoms with E-state index in [9.17, 15) is 0 Å². The van der Waals surface area contributed by atoms with Crippen molar-refractivity contribution < 1.29 is 0 Å². The number of hydrogen-bond acceptors (Lipinski definition) is 4. The van der Waals surface area contributed by atoms with Crippen LogP contribution in [0.1, 0.15) is 27.7 Å². The SMILES string of the molecule is CC1(C)C(CNc2nc(NN)c(Cl)cc2Cl)C1(C)C. The predicted octanol–water partition coefficient (Wildman–Crippen LogP) is 3.77. The highest BCUT2D eigenvalue weighted by Gasteiger charge is 2.64. The molecule has 1 fully saturated rings. The number of nitrogens with two attached hydrogens (primary N) is 1. The molecule has 1 aromatic heterocycles. The molecule has 0 aromatic carbocycles. The highest BCUT2D eigenvalue weighted by Crippen LogP contribution is 2.68. The Hall–Kier alpha value is -0.710. The molecule has 0 saturated heterocycles. The van der Waals surface area contributed by atoms with Crippen LogP contribution in [0.25, 0.3) is 0 Å². The number of nitrogen functional groups attached to an aromatic ring is 1. The van der Waals surface area contributed by atoms with Gasteiger partial charge in [-0.15, -0.1) is 0 Å². The number of hydrogen-bond donors (Lipinski definition) is 3. The van der Waals surface area contributed by atoms with Crippen molar-refractivity contribution >= 4 is 34.8 Å². The second kappa shape index (κ2) is 4.69. The van der Waals surface area contributed by atoms with E-state index in [1.165, 1.54) is 0 Å². The van der Waals surface area contributed by atoms with E-state index in [1.807, 2.05) is 0 Å². The molecule has 0 amide bonds. The molecule has 4 N–H and O–H groups in total. The van der Waals surface area contributed by atoms with Gasteiger partial charge < -0.3 is 10.7 Å². The lowest BCUT2D eigenvalue weighted by Gasteiger charge is -2.11. The van der Waals surface area contributed by atoms with Crippen LogP contribution < -0.4 is 16.6 Å². The summed E-state index contributed by atoms with van der Waals surface area (Å²) in [5.74, 6) is 6.97. The highest BCUT2D eigenvalue weighted by atomic mass is 35.5. The zero-order valence-electron chi connectivity index (χ0n) is 11.6. The first-order chi connectivity index (χ1) is 8.71. The molecule has 1 aliphatic carbocycles. The Labute approximate surface area is 124 Å². The van der Waals surface area contributed by atoms with Crippen LogP contribution >= 0.6 is 23.2 Å². The number of aromatic nitrogens is 1. The van der Waals surface area contributed by atoms with Crippen LogP contribution in [0.4, 0.5) is 11.6 Å². The molecular weight excluding hydrogens is 283 g/mol. The summed E-state index contributed by atoms with van der Waals surface area (Å²) in [6.45, 7) is 9.96. The van der Waals surface area contributed by atoms with Crippen molar-refractivity contribution in [3.63, 3.8) is 0 Å². The molecule has 0 bridgehead atoms. The average Bonchev–Trinajstić information content (AvgIpc) is 2.69. The third-order valence-corrected chi connectivity index (χ3v) is 5.44. The molecule has 1 aromatic rings. The number of nitrogens with one attached hydrogen (secondary N) is 2. The first-order valence-electron chi connectivity index (χ1n) is 6.28. The van der Waals surface area contributed by atoms with E-state index in [-0.39, 0.29) is 0 Å². The Bertz CT molecular complexity index is 486. The summed E-state index contributed by atoms with van der Waals surface area (Å²) < 4.78 is 0. The molecule has 0 aliphatic heterocycles. The average molecular weight is 303 g/mol. The smallest absolute Gasteiger partial charge is 0.161 e. The summed E-state index contributed by atoms with van der Waals surface area (Å²) in [6, 6.07) is 1.64. The van der Waals surface area contributed by atoms with Gasteiger partial charge in [-0.2, -0.15) is 0 Å². The number of nitrogens with zero attached hydrogens (tertiary/aromatic N) is 1. The van der Waals surface area contributed by atoms with E-state index in [1.54, 1.807) is 6.07 Å². The molecule has 4 nitrogen and oxygen atoms in total. The third kappa shape index (κ3) is 2.37. The maximum atomic E-state index is 6.13. The maximum absolute atomic E-state index is 6.13. The Morgan fingerprint density at radius 3 is 2.16 bits per heavy atom. The van der Waals surface area contributed by atoms with Gasteiger partial charge in [-0.05, 0) is 22.8 Å². The molecule has 0 atom stereocenters. The number of halogens is 2. The Kier molecular flexibility index (Phi) is 3.62. The van der Waals surface area contributed by atoms with Gasteiger partial charge in [-0.1, -0.05) is 50.9 Å². The lowest BCUT2D eigenvalue weighted by Crippen LogP contribution is -2.13. The van der Waals surface area contributed by atoms with Crippen molar-refractivity contribution in [1.29, 1.82) is 0 Å². The third-order valence-electron chi connectivity index (χ3n) is 4.86. The van der Waals surface area contributed by atoms with Gasteiger partial charge in [0, 0.05) is 6.54 Å². The first-order valence-corrected chi connectivity index (χ1v) is 7.04. The number of anilines is 2. The van der Waals surface area contributed by atoms with Gasteiger partial charge in [0.05, 0.1) is 10.0 Å². The van der Waals surface area contributed by atoms with Gasteiger partial charge in [-0.25, -0.2) is 10.8 Å². The van der Waals surface area contributed by atoms with Crippen molar-refractivity contribution in [3.05, 3.63) is 16.1 Å². The van der Waals surface area contributed by atoms with E-state index in [2.05, 4.69) is 43.4 Å². The van der Waals surface area contributed by atoms with Crippen molar-refractivity contribution in [3.8, 4) is 0 Å². The highest BCUT2D eigenvalue weighted by molar-refractivity contribution is 6.37. The molecule has 2 rings (SSSR count). The van der Waals surface area contributed by atoms with Crippen molar-refractivity contribution in [1.82, 2.24) is 4.98 Å². The second-order valence-electron chi connectivity index (χ2n) is 6.17. The largest absolute Gasteiger partial charge is 0.368 e. The van der Waals surface area contributed by atoms with Gasteiger partial charge in [0.25, 0.3) is 0 Å². The fraction of sp³-hybridized carbons (Fsp3) is 0.615. The second-order valence-corrected chi connectivity index (χ2v) is 6.98. The van der Waals surface area contributed by atoms with Gasteiger partial charge in [0.2, 0.25) is 0 Å². The topological polar surface area (TPSA) is 63.0 Å². The molecule has 0 unspecified atom stereocenters. The minimum Gasteiger partial charge on any atom is -0.368 e. The monoisotopic (exact) mass is 302 g/mol. The molecule has 1 heterocycles. The van der Waals surface area contributed by atoms with Crippen LogP contribution in [0.15, 0.2) is 6.07 Å². The number of hydrazine groups is 1. The summed E-state index contributed by atoms with van der Waals surface area (Å²) in [5.41, 5.74) is 3.11. The van der Waals surface area contributed by atoms with E-state index >= 15 is 0 Å².